The van der Waals surface area contributed by atoms with E-state index in [1.807, 2.05) is 42.5 Å². The van der Waals surface area contributed by atoms with Crippen LogP contribution in [0.3, 0.4) is 0 Å². The standard InChI is InChI=1S/C26H31NO3/c1-4-5-6-10-17-27-23(20-15-13-19(14-16-20)18(2)3)22(25(29)26(27)30)24(28)21-11-8-7-9-12-21/h7-9,11-16,18,23,28H,4-6,10,17H2,1-3H3/b24-22-. The average molecular weight is 406 g/mol. The van der Waals surface area contributed by atoms with E-state index in [0.717, 1.165) is 31.2 Å². The van der Waals surface area contributed by atoms with E-state index in [-0.39, 0.29) is 11.3 Å². The molecule has 3 rings (SSSR count). The first kappa shape index (κ1) is 21.8. The average Bonchev–Trinajstić information content (AvgIpc) is 3.01. The van der Waals surface area contributed by atoms with Crippen LogP contribution in [0.25, 0.3) is 5.76 Å². The fourth-order valence-corrected chi connectivity index (χ4v) is 3.98. The number of carbonyl (C=O) groups is 2. The summed E-state index contributed by atoms with van der Waals surface area (Å²) in [5, 5.41) is 11.0. The smallest absolute Gasteiger partial charge is 0.295 e. The summed E-state index contributed by atoms with van der Waals surface area (Å²) in [6.07, 6.45) is 4.05. The third-order valence-electron chi connectivity index (χ3n) is 5.76. The molecule has 4 nitrogen and oxygen atoms in total. The van der Waals surface area contributed by atoms with Gasteiger partial charge in [0.2, 0.25) is 0 Å². The zero-order valence-electron chi connectivity index (χ0n) is 18.1. The highest BCUT2D eigenvalue weighted by Gasteiger charge is 2.45. The number of aliphatic hydroxyl groups is 1. The quantitative estimate of drug-likeness (QED) is 0.261. The van der Waals surface area contributed by atoms with Gasteiger partial charge in [-0.25, -0.2) is 0 Å². The molecule has 1 aliphatic heterocycles. The summed E-state index contributed by atoms with van der Waals surface area (Å²) in [7, 11) is 0. The lowest BCUT2D eigenvalue weighted by Crippen LogP contribution is -2.30. The summed E-state index contributed by atoms with van der Waals surface area (Å²) in [5.74, 6) is -0.849. The summed E-state index contributed by atoms with van der Waals surface area (Å²) in [5.41, 5.74) is 2.78. The van der Waals surface area contributed by atoms with Gasteiger partial charge in [-0.05, 0) is 23.5 Å². The van der Waals surface area contributed by atoms with Crippen LogP contribution in [0.15, 0.2) is 60.2 Å². The lowest BCUT2D eigenvalue weighted by atomic mass is 9.93. The maximum absolute atomic E-state index is 13.0. The first-order valence-electron chi connectivity index (χ1n) is 10.9. The van der Waals surface area contributed by atoms with Crippen molar-refractivity contribution in [3.8, 4) is 0 Å². The van der Waals surface area contributed by atoms with Crippen LogP contribution in [-0.2, 0) is 9.59 Å². The van der Waals surface area contributed by atoms with Gasteiger partial charge in [-0.15, -0.1) is 0 Å². The Morgan fingerprint density at radius 2 is 1.63 bits per heavy atom. The molecular weight excluding hydrogens is 374 g/mol. The Morgan fingerprint density at radius 3 is 2.23 bits per heavy atom. The van der Waals surface area contributed by atoms with Crippen LogP contribution >= 0.6 is 0 Å². The molecule has 0 aliphatic carbocycles. The molecule has 2 aromatic rings. The van der Waals surface area contributed by atoms with E-state index < -0.39 is 17.7 Å². The Balaban J connectivity index is 2.05. The molecule has 1 fully saturated rings. The molecule has 2 aromatic carbocycles. The number of unbranched alkanes of at least 4 members (excludes halogenated alkanes) is 3. The number of rotatable bonds is 8. The van der Waals surface area contributed by atoms with Crippen LogP contribution in [0.1, 0.15) is 75.1 Å². The maximum Gasteiger partial charge on any atom is 0.295 e. The Hall–Kier alpha value is -2.88. The predicted octanol–water partition coefficient (Wildman–Crippen LogP) is 5.81. The minimum Gasteiger partial charge on any atom is -0.507 e. The molecule has 30 heavy (non-hydrogen) atoms. The van der Waals surface area contributed by atoms with Crippen molar-refractivity contribution in [3.05, 3.63) is 76.9 Å². The topological polar surface area (TPSA) is 57.6 Å². The molecule has 1 unspecified atom stereocenters. The molecule has 4 heteroatoms. The Bertz CT molecular complexity index is 913. The van der Waals surface area contributed by atoms with E-state index in [9.17, 15) is 14.7 Å². The molecular formula is C26H31NO3. The lowest BCUT2D eigenvalue weighted by molar-refractivity contribution is -0.139. The Kier molecular flexibility index (Phi) is 7.09. The number of hydrogen-bond donors (Lipinski definition) is 1. The minimum atomic E-state index is -0.607. The van der Waals surface area contributed by atoms with Crippen LogP contribution in [-0.4, -0.2) is 28.2 Å². The van der Waals surface area contributed by atoms with Gasteiger partial charge >= 0.3 is 0 Å². The van der Waals surface area contributed by atoms with Gasteiger partial charge < -0.3 is 10.0 Å². The van der Waals surface area contributed by atoms with Gasteiger partial charge in [0.1, 0.15) is 5.76 Å². The van der Waals surface area contributed by atoms with E-state index >= 15 is 0 Å². The highest BCUT2D eigenvalue weighted by atomic mass is 16.3. The highest BCUT2D eigenvalue weighted by molar-refractivity contribution is 6.46. The second-order valence-electron chi connectivity index (χ2n) is 8.24. The number of likely N-dealkylation sites (tertiary alicyclic amines) is 1. The van der Waals surface area contributed by atoms with Crippen LogP contribution in [0.5, 0.6) is 0 Å². The summed E-state index contributed by atoms with van der Waals surface area (Å²) in [6, 6.07) is 16.4. The maximum atomic E-state index is 13.0. The minimum absolute atomic E-state index is 0.108. The van der Waals surface area contributed by atoms with Gasteiger partial charge in [0.25, 0.3) is 11.7 Å². The second kappa shape index (κ2) is 9.75. The molecule has 1 N–H and O–H groups in total. The first-order valence-corrected chi connectivity index (χ1v) is 10.9. The van der Waals surface area contributed by atoms with Crippen LogP contribution in [0.2, 0.25) is 0 Å². The van der Waals surface area contributed by atoms with Crippen molar-refractivity contribution in [2.24, 2.45) is 0 Å². The molecule has 1 heterocycles. The zero-order valence-corrected chi connectivity index (χ0v) is 18.1. The molecule has 1 aliphatic rings. The number of amides is 1. The van der Waals surface area contributed by atoms with Crippen molar-refractivity contribution in [2.75, 3.05) is 6.54 Å². The van der Waals surface area contributed by atoms with E-state index in [1.54, 1.807) is 17.0 Å². The Morgan fingerprint density at radius 1 is 0.967 bits per heavy atom. The summed E-state index contributed by atoms with van der Waals surface area (Å²) in [4.78, 5) is 27.5. The van der Waals surface area contributed by atoms with Crippen molar-refractivity contribution >= 4 is 17.4 Å². The molecule has 0 bridgehead atoms. The molecule has 1 saturated heterocycles. The van der Waals surface area contributed by atoms with Gasteiger partial charge in [0.05, 0.1) is 11.6 Å². The summed E-state index contributed by atoms with van der Waals surface area (Å²) in [6.45, 7) is 6.91. The molecule has 0 aromatic heterocycles. The molecule has 0 saturated carbocycles. The summed E-state index contributed by atoms with van der Waals surface area (Å²) < 4.78 is 0. The van der Waals surface area contributed by atoms with Crippen LogP contribution < -0.4 is 0 Å². The van der Waals surface area contributed by atoms with E-state index in [4.69, 9.17) is 0 Å². The largest absolute Gasteiger partial charge is 0.507 e. The van der Waals surface area contributed by atoms with Gasteiger partial charge in [-0.3, -0.25) is 9.59 Å². The number of nitrogens with zero attached hydrogens (tertiary/aromatic N) is 1. The van der Waals surface area contributed by atoms with Crippen LogP contribution in [0, 0.1) is 0 Å². The number of ketones is 1. The van der Waals surface area contributed by atoms with Crippen molar-refractivity contribution in [3.63, 3.8) is 0 Å². The van der Waals surface area contributed by atoms with Gasteiger partial charge in [0, 0.05) is 12.1 Å². The van der Waals surface area contributed by atoms with E-state index in [1.165, 1.54) is 5.56 Å². The molecule has 0 radical (unpaired) electrons. The van der Waals surface area contributed by atoms with Crippen molar-refractivity contribution in [2.45, 2.75) is 58.4 Å². The first-order chi connectivity index (χ1) is 14.5. The predicted molar refractivity (Wildman–Crippen MR) is 120 cm³/mol. The van der Waals surface area contributed by atoms with Crippen LogP contribution in [0.4, 0.5) is 0 Å². The number of carbonyl (C=O) groups excluding carboxylic acids is 2. The number of hydrogen-bond acceptors (Lipinski definition) is 3. The molecule has 1 atom stereocenters. The Labute approximate surface area is 179 Å². The molecule has 158 valence electrons. The van der Waals surface area contributed by atoms with Crippen molar-refractivity contribution in [1.29, 1.82) is 0 Å². The monoisotopic (exact) mass is 405 g/mol. The van der Waals surface area contributed by atoms with Gasteiger partial charge in [-0.1, -0.05) is 94.6 Å². The SMILES string of the molecule is CCCCCCN1C(=O)C(=O)/C(=C(\O)c2ccccc2)C1c1ccc(C(C)C)cc1. The van der Waals surface area contributed by atoms with Gasteiger partial charge in [0.15, 0.2) is 0 Å². The fraction of sp³-hybridized carbons (Fsp3) is 0.385. The third kappa shape index (κ3) is 4.48. The number of Topliss-reactive ketones (excluding diaryl/α,β-unsaturated/α-hetero) is 1. The normalized spacial score (nSPS) is 18.4. The fourth-order valence-electron chi connectivity index (χ4n) is 3.98. The number of benzene rings is 2. The zero-order chi connectivity index (χ0) is 21.7. The van der Waals surface area contributed by atoms with E-state index in [0.29, 0.717) is 18.0 Å². The molecule has 1 amide bonds. The van der Waals surface area contributed by atoms with Crippen molar-refractivity contribution < 1.29 is 14.7 Å². The summed E-state index contributed by atoms with van der Waals surface area (Å²) >= 11 is 0. The molecule has 0 spiro atoms. The highest BCUT2D eigenvalue weighted by Crippen LogP contribution is 2.39. The van der Waals surface area contributed by atoms with Gasteiger partial charge in [-0.2, -0.15) is 0 Å². The number of aliphatic hydroxyl groups excluding tert-OH is 1. The van der Waals surface area contributed by atoms with E-state index in [2.05, 4.69) is 20.8 Å². The lowest BCUT2D eigenvalue weighted by Gasteiger charge is -2.25. The third-order valence-corrected chi connectivity index (χ3v) is 5.76. The second-order valence-corrected chi connectivity index (χ2v) is 8.24. The van der Waals surface area contributed by atoms with Crippen molar-refractivity contribution in [1.82, 2.24) is 4.90 Å².